The van der Waals surface area contributed by atoms with Crippen LogP contribution in [0.25, 0.3) is 0 Å². The van der Waals surface area contributed by atoms with E-state index >= 15 is 0 Å². The largest absolute Gasteiger partial charge is 0.381 e. The summed E-state index contributed by atoms with van der Waals surface area (Å²) in [6, 6.07) is 0.160. The van der Waals surface area contributed by atoms with Crippen LogP contribution in [0, 0.1) is 0 Å². The summed E-state index contributed by atoms with van der Waals surface area (Å²) in [5.74, 6) is -0.00746. The summed E-state index contributed by atoms with van der Waals surface area (Å²) in [4.78, 5) is 25.8. The minimum atomic E-state index is -0.729. The van der Waals surface area contributed by atoms with Gasteiger partial charge in [0.05, 0.1) is 6.54 Å². The van der Waals surface area contributed by atoms with Crippen molar-refractivity contribution in [2.45, 2.75) is 44.7 Å². The van der Waals surface area contributed by atoms with Crippen molar-refractivity contribution in [3.63, 3.8) is 0 Å². The molecule has 0 aliphatic carbocycles. The van der Waals surface area contributed by atoms with Gasteiger partial charge in [0.15, 0.2) is 0 Å². The average molecular weight is 240 g/mol. The topological polar surface area (TPSA) is 58.6 Å². The van der Waals surface area contributed by atoms with Crippen LogP contribution in [-0.2, 0) is 14.3 Å². The Labute approximate surface area is 101 Å². The molecule has 0 aromatic carbocycles. The smallest absolute Gasteiger partial charge is 0.248 e. The maximum atomic E-state index is 12.4. The normalized spacial score (nSPS) is 31.5. The highest BCUT2D eigenvalue weighted by Gasteiger charge is 2.43. The van der Waals surface area contributed by atoms with E-state index < -0.39 is 5.54 Å². The zero-order chi connectivity index (χ0) is 12.5. The molecule has 1 atom stereocenters. The number of rotatable bonds is 2. The third kappa shape index (κ3) is 2.29. The number of hydrogen-bond acceptors (Lipinski definition) is 3. The van der Waals surface area contributed by atoms with Gasteiger partial charge in [0.1, 0.15) is 5.54 Å². The molecule has 0 bridgehead atoms. The average Bonchev–Trinajstić information content (AvgIpc) is 2.35. The second kappa shape index (κ2) is 4.64. The molecule has 0 radical (unpaired) electrons. The number of piperazine rings is 1. The number of carbonyl (C=O) groups is 2. The zero-order valence-electron chi connectivity index (χ0n) is 10.5. The summed E-state index contributed by atoms with van der Waals surface area (Å²) in [6.07, 6.45) is 2.29. The highest BCUT2D eigenvalue weighted by Crippen LogP contribution is 2.23. The van der Waals surface area contributed by atoms with Gasteiger partial charge in [0, 0.05) is 19.3 Å². The van der Waals surface area contributed by atoms with Crippen molar-refractivity contribution in [3.8, 4) is 0 Å². The van der Waals surface area contributed by atoms with Crippen molar-refractivity contribution in [2.75, 3.05) is 19.8 Å². The number of hydrogen-bond donors (Lipinski definition) is 1. The standard InChI is InChI=1S/C12H20N2O3/c1-3-12(2)11(16)14(8-10(15)13-12)9-4-6-17-7-5-9/h9H,3-8H2,1-2H3,(H,13,15). The van der Waals surface area contributed by atoms with Gasteiger partial charge < -0.3 is 15.0 Å². The Balaban J connectivity index is 2.15. The van der Waals surface area contributed by atoms with Crippen molar-refractivity contribution >= 4 is 11.8 Å². The van der Waals surface area contributed by atoms with Crippen molar-refractivity contribution in [1.29, 1.82) is 0 Å². The Morgan fingerprint density at radius 3 is 2.65 bits per heavy atom. The van der Waals surface area contributed by atoms with E-state index in [4.69, 9.17) is 4.74 Å². The van der Waals surface area contributed by atoms with Crippen LogP contribution in [0.4, 0.5) is 0 Å². The summed E-state index contributed by atoms with van der Waals surface area (Å²) < 4.78 is 5.29. The lowest BCUT2D eigenvalue weighted by atomic mass is 9.92. The minimum absolute atomic E-state index is 0.0477. The molecule has 17 heavy (non-hydrogen) atoms. The molecule has 5 heteroatoms. The number of nitrogens with zero attached hydrogens (tertiary/aromatic N) is 1. The fourth-order valence-electron chi connectivity index (χ4n) is 2.48. The molecule has 0 saturated carbocycles. The van der Waals surface area contributed by atoms with Crippen LogP contribution in [0.2, 0.25) is 0 Å². The van der Waals surface area contributed by atoms with Crippen LogP contribution in [0.15, 0.2) is 0 Å². The molecule has 96 valence electrons. The number of nitrogens with one attached hydrogen (secondary N) is 1. The van der Waals surface area contributed by atoms with Gasteiger partial charge in [-0.05, 0) is 26.2 Å². The molecule has 0 spiro atoms. The minimum Gasteiger partial charge on any atom is -0.381 e. The molecule has 0 aromatic heterocycles. The van der Waals surface area contributed by atoms with E-state index in [0.29, 0.717) is 19.6 Å². The van der Waals surface area contributed by atoms with Crippen LogP contribution in [0.3, 0.4) is 0 Å². The molecule has 2 heterocycles. The summed E-state index contributed by atoms with van der Waals surface area (Å²) in [5, 5.41) is 2.80. The van der Waals surface area contributed by atoms with Crippen LogP contribution < -0.4 is 5.32 Å². The fraction of sp³-hybridized carbons (Fsp3) is 0.833. The SMILES string of the molecule is CCC1(C)NC(=O)CN(C2CCOCC2)C1=O. The van der Waals surface area contributed by atoms with Gasteiger partial charge in [0.2, 0.25) is 11.8 Å². The molecule has 5 nitrogen and oxygen atoms in total. The van der Waals surface area contributed by atoms with Crippen molar-refractivity contribution in [1.82, 2.24) is 10.2 Å². The van der Waals surface area contributed by atoms with Gasteiger partial charge in [-0.15, -0.1) is 0 Å². The van der Waals surface area contributed by atoms with E-state index in [1.807, 2.05) is 6.92 Å². The lowest BCUT2D eigenvalue weighted by Crippen LogP contribution is -2.67. The van der Waals surface area contributed by atoms with E-state index in [1.54, 1.807) is 11.8 Å². The predicted molar refractivity (Wildman–Crippen MR) is 62.4 cm³/mol. The van der Waals surface area contributed by atoms with Crippen molar-refractivity contribution < 1.29 is 14.3 Å². The maximum Gasteiger partial charge on any atom is 0.248 e. The highest BCUT2D eigenvalue weighted by atomic mass is 16.5. The van der Waals surface area contributed by atoms with Gasteiger partial charge in [-0.1, -0.05) is 6.92 Å². The highest BCUT2D eigenvalue weighted by molar-refractivity contribution is 5.97. The Kier molecular flexibility index (Phi) is 3.38. The molecular formula is C12H20N2O3. The second-order valence-corrected chi connectivity index (χ2v) is 5.01. The quantitative estimate of drug-likeness (QED) is 0.755. The zero-order valence-corrected chi connectivity index (χ0v) is 10.5. The Morgan fingerprint density at radius 1 is 1.41 bits per heavy atom. The van der Waals surface area contributed by atoms with Crippen LogP contribution in [0.5, 0.6) is 0 Å². The van der Waals surface area contributed by atoms with Crippen LogP contribution in [-0.4, -0.2) is 48.1 Å². The first-order chi connectivity index (χ1) is 8.07. The summed E-state index contributed by atoms with van der Waals surface area (Å²) in [5.41, 5.74) is -0.729. The summed E-state index contributed by atoms with van der Waals surface area (Å²) in [6.45, 7) is 5.28. The molecule has 2 aliphatic rings. The molecule has 2 rings (SSSR count). The number of amides is 2. The monoisotopic (exact) mass is 240 g/mol. The van der Waals surface area contributed by atoms with Crippen LogP contribution >= 0.6 is 0 Å². The van der Waals surface area contributed by atoms with Gasteiger partial charge in [-0.3, -0.25) is 9.59 Å². The maximum absolute atomic E-state index is 12.4. The van der Waals surface area contributed by atoms with Gasteiger partial charge >= 0.3 is 0 Å². The van der Waals surface area contributed by atoms with E-state index in [0.717, 1.165) is 12.8 Å². The first kappa shape index (κ1) is 12.4. The van der Waals surface area contributed by atoms with Gasteiger partial charge in [-0.25, -0.2) is 0 Å². The fourth-order valence-corrected chi connectivity index (χ4v) is 2.48. The molecule has 2 saturated heterocycles. The molecule has 0 aromatic rings. The molecule has 1 unspecified atom stereocenters. The van der Waals surface area contributed by atoms with E-state index in [9.17, 15) is 9.59 Å². The van der Waals surface area contributed by atoms with E-state index in [2.05, 4.69) is 5.32 Å². The lowest BCUT2D eigenvalue weighted by molar-refractivity contribution is -0.153. The van der Waals surface area contributed by atoms with Crippen molar-refractivity contribution in [2.24, 2.45) is 0 Å². The first-order valence-corrected chi connectivity index (χ1v) is 6.26. The molecule has 2 amide bonds. The van der Waals surface area contributed by atoms with Gasteiger partial charge in [0.25, 0.3) is 0 Å². The Morgan fingerprint density at radius 2 is 2.06 bits per heavy atom. The Hall–Kier alpha value is -1.10. The number of ether oxygens (including phenoxy) is 1. The lowest BCUT2D eigenvalue weighted by Gasteiger charge is -2.43. The Bertz CT molecular complexity index is 326. The van der Waals surface area contributed by atoms with E-state index in [1.165, 1.54) is 0 Å². The summed E-state index contributed by atoms with van der Waals surface area (Å²) >= 11 is 0. The third-order valence-corrected chi connectivity index (χ3v) is 3.80. The van der Waals surface area contributed by atoms with Crippen LogP contribution in [0.1, 0.15) is 33.1 Å². The second-order valence-electron chi connectivity index (χ2n) is 5.01. The predicted octanol–water partition coefficient (Wildman–Crippen LogP) is 0.292. The molecule has 2 fully saturated rings. The number of carbonyl (C=O) groups excluding carboxylic acids is 2. The first-order valence-electron chi connectivity index (χ1n) is 6.26. The van der Waals surface area contributed by atoms with E-state index in [-0.39, 0.29) is 24.4 Å². The molecule has 1 N–H and O–H groups in total. The van der Waals surface area contributed by atoms with Gasteiger partial charge in [-0.2, -0.15) is 0 Å². The van der Waals surface area contributed by atoms with Crippen molar-refractivity contribution in [3.05, 3.63) is 0 Å². The molecular weight excluding hydrogens is 220 g/mol. The molecule has 2 aliphatic heterocycles. The third-order valence-electron chi connectivity index (χ3n) is 3.80. The summed E-state index contributed by atoms with van der Waals surface area (Å²) in [7, 11) is 0.